The molecule has 1 nitrogen and oxygen atoms in total. The molecule has 0 amide bonds. The first-order valence-electron chi connectivity index (χ1n) is 5.94. The van der Waals surface area contributed by atoms with Crippen molar-refractivity contribution in [2.75, 3.05) is 0 Å². The predicted octanol–water partition coefficient (Wildman–Crippen LogP) is 0.631. The maximum Gasteiger partial charge on any atom is 1.00 e. The normalized spacial score (nSPS) is 19.2. The van der Waals surface area contributed by atoms with Gasteiger partial charge in [0.05, 0.1) is 0 Å². The number of aryl methyl sites for hydroxylation is 1. The summed E-state index contributed by atoms with van der Waals surface area (Å²) in [5.41, 5.74) is 4.12. The zero-order valence-corrected chi connectivity index (χ0v) is 10.2. The Hall–Kier alpha value is -0.643. The molecule has 0 spiro atoms. The van der Waals surface area contributed by atoms with Crippen molar-refractivity contribution in [3.63, 3.8) is 0 Å². The number of aromatic nitrogens is 1. The molecule has 78 valence electrons. The topological polar surface area (TPSA) is 14.1 Å². The summed E-state index contributed by atoms with van der Waals surface area (Å²) in [7, 11) is 0. The van der Waals surface area contributed by atoms with E-state index in [0.29, 0.717) is 5.92 Å². The Kier molecular flexibility index (Phi) is 3.47. The van der Waals surface area contributed by atoms with Crippen LogP contribution in [0.25, 0.3) is 10.9 Å². The zero-order valence-electron chi connectivity index (χ0n) is 10.2. The van der Waals surface area contributed by atoms with Gasteiger partial charge in [-0.2, -0.15) is 5.69 Å². The molecule has 0 aliphatic heterocycles. The summed E-state index contributed by atoms with van der Waals surface area (Å²) in [5, 5.41) is 1.39. The number of benzene rings is 1. The van der Waals surface area contributed by atoms with Crippen molar-refractivity contribution in [2.45, 2.75) is 38.5 Å². The van der Waals surface area contributed by atoms with E-state index in [0.717, 1.165) is 0 Å². The molecule has 0 bridgehead atoms. The molecule has 1 atom stereocenters. The van der Waals surface area contributed by atoms with Crippen LogP contribution in [0.5, 0.6) is 0 Å². The van der Waals surface area contributed by atoms with Gasteiger partial charge < -0.3 is 4.98 Å². The van der Waals surface area contributed by atoms with Crippen molar-refractivity contribution in [3.8, 4) is 0 Å². The minimum Gasteiger partial charge on any atom is -0.660 e. The molecule has 16 heavy (non-hydrogen) atoms. The zero-order chi connectivity index (χ0) is 10.3. The molecule has 0 fully saturated rings. The summed E-state index contributed by atoms with van der Waals surface area (Å²) >= 11 is 0. The summed E-state index contributed by atoms with van der Waals surface area (Å²) in [4.78, 5) is 4.81. The van der Waals surface area contributed by atoms with Crippen LogP contribution in [0.4, 0.5) is 0 Å². The monoisotopic (exact) mass is 205 g/mol. The number of rotatable bonds is 1. The van der Waals surface area contributed by atoms with Crippen LogP contribution in [0.3, 0.4) is 0 Å². The van der Waals surface area contributed by atoms with E-state index in [2.05, 4.69) is 31.2 Å². The van der Waals surface area contributed by atoms with Gasteiger partial charge in [0, 0.05) is 0 Å². The molecule has 1 heterocycles. The van der Waals surface area contributed by atoms with Gasteiger partial charge in [-0.15, -0.1) is 5.52 Å². The average molecular weight is 205 g/mol. The number of hydrogen-bond donors (Lipinski definition) is 0. The first-order valence-corrected chi connectivity index (χ1v) is 5.94. The van der Waals surface area contributed by atoms with E-state index in [-0.39, 0.29) is 18.9 Å². The molecule has 0 saturated carbocycles. The molecule has 0 N–H and O–H groups in total. The number of nitrogens with zero attached hydrogens (tertiary/aromatic N) is 1. The second-order valence-electron chi connectivity index (χ2n) is 4.49. The third-order valence-corrected chi connectivity index (χ3v) is 3.64. The van der Waals surface area contributed by atoms with Crippen LogP contribution < -0.4 is 23.8 Å². The quantitative estimate of drug-likeness (QED) is 0.623. The van der Waals surface area contributed by atoms with Crippen molar-refractivity contribution in [2.24, 2.45) is 0 Å². The fraction of sp³-hybridized carbons (Fsp3) is 0.429. The minimum atomic E-state index is 0. The standard InChI is InChI=1S/C14H16N.Li/c1-2-10-6-5-8-12-11-7-3-4-9-13(11)15-14(10)12;/h3-4,7,9-10H,2,5-6,8H2,1H3;/q-1;+1. The Morgan fingerprint density at radius 3 is 2.94 bits per heavy atom. The van der Waals surface area contributed by atoms with Crippen LogP contribution in [0.15, 0.2) is 24.3 Å². The molecule has 3 rings (SSSR count). The van der Waals surface area contributed by atoms with Gasteiger partial charge in [-0.1, -0.05) is 43.2 Å². The van der Waals surface area contributed by atoms with Crippen LogP contribution in [-0.2, 0) is 6.42 Å². The predicted molar refractivity (Wildman–Crippen MR) is 63.2 cm³/mol. The second kappa shape index (κ2) is 4.70. The van der Waals surface area contributed by atoms with Crippen LogP contribution >= 0.6 is 0 Å². The van der Waals surface area contributed by atoms with Crippen molar-refractivity contribution < 1.29 is 18.9 Å². The maximum atomic E-state index is 4.81. The molecule has 1 unspecified atom stereocenters. The molecule has 2 heteroatoms. The van der Waals surface area contributed by atoms with Gasteiger partial charge in [-0.05, 0) is 30.6 Å². The van der Waals surface area contributed by atoms with E-state index in [1.165, 1.54) is 47.8 Å². The fourth-order valence-corrected chi connectivity index (χ4v) is 2.82. The average Bonchev–Trinajstić information content (AvgIpc) is 2.67. The number of fused-ring (bicyclic) bond motifs is 3. The third kappa shape index (κ3) is 1.73. The Bertz CT molecular complexity index is 486. The van der Waals surface area contributed by atoms with E-state index in [1.54, 1.807) is 0 Å². The Morgan fingerprint density at radius 2 is 2.12 bits per heavy atom. The van der Waals surface area contributed by atoms with Crippen LogP contribution in [0.1, 0.15) is 43.4 Å². The first kappa shape index (κ1) is 11.8. The Morgan fingerprint density at radius 1 is 1.31 bits per heavy atom. The van der Waals surface area contributed by atoms with E-state index in [1.807, 2.05) is 0 Å². The van der Waals surface area contributed by atoms with Gasteiger partial charge in [-0.25, -0.2) is 0 Å². The summed E-state index contributed by atoms with van der Waals surface area (Å²) in [6, 6.07) is 8.57. The number of hydrogen-bond acceptors (Lipinski definition) is 0. The fourth-order valence-electron chi connectivity index (χ4n) is 2.82. The molecule has 0 saturated heterocycles. The minimum absolute atomic E-state index is 0. The molecular formula is C14H16LiN. The van der Waals surface area contributed by atoms with Crippen molar-refractivity contribution in [3.05, 3.63) is 35.5 Å². The van der Waals surface area contributed by atoms with E-state index >= 15 is 0 Å². The van der Waals surface area contributed by atoms with Crippen LogP contribution in [0, 0.1) is 0 Å². The van der Waals surface area contributed by atoms with Gasteiger partial charge in [-0.3, -0.25) is 0 Å². The first-order chi connectivity index (χ1) is 7.40. The summed E-state index contributed by atoms with van der Waals surface area (Å²) in [5.74, 6) is 0.709. The molecule has 2 aromatic rings. The second-order valence-corrected chi connectivity index (χ2v) is 4.49. The van der Waals surface area contributed by atoms with Gasteiger partial charge in [0.25, 0.3) is 0 Å². The molecule has 0 radical (unpaired) electrons. The SMILES string of the molecule is CCC1CCCc2c1[n-]c1ccccc21.[Li+]. The van der Waals surface area contributed by atoms with Gasteiger partial charge in [0.2, 0.25) is 0 Å². The van der Waals surface area contributed by atoms with Gasteiger partial charge in [0.1, 0.15) is 0 Å². The summed E-state index contributed by atoms with van der Waals surface area (Å²) < 4.78 is 0. The molecule has 1 aromatic carbocycles. The van der Waals surface area contributed by atoms with Crippen LogP contribution in [0.2, 0.25) is 0 Å². The van der Waals surface area contributed by atoms with Crippen molar-refractivity contribution in [1.82, 2.24) is 4.98 Å². The smallest absolute Gasteiger partial charge is 0.660 e. The van der Waals surface area contributed by atoms with E-state index in [9.17, 15) is 0 Å². The van der Waals surface area contributed by atoms with E-state index in [4.69, 9.17) is 4.98 Å². The summed E-state index contributed by atoms with van der Waals surface area (Å²) in [6.07, 6.45) is 5.12. The third-order valence-electron chi connectivity index (χ3n) is 3.64. The largest absolute Gasteiger partial charge is 1.00 e. The van der Waals surface area contributed by atoms with Gasteiger partial charge in [0.15, 0.2) is 0 Å². The molecule has 1 aromatic heterocycles. The van der Waals surface area contributed by atoms with Crippen molar-refractivity contribution in [1.29, 1.82) is 0 Å². The Labute approximate surface area is 109 Å². The van der Waals surface area contributed by atoms with Gasteiger partial charge >= 0.3 is 18.9 Å². The van der Waals surface area contributed by atoms with Crippen molar-refractivity contribution >= 4 is 10.9 Å². The molecular weight excluding hydrogens is 189 g/mol. The maximum absolute atomic E-state index is 4.81. The molecule has 1 aliphatic carbocycles. The number of para-hydroxylation sites is 1. The molecule has 1 aliphatic rings. The summed E-state index contributed by atoms with van der Waals surface area (Å²) in [6.45, 7) is 2.28. The Balaban J connectivity index is 0.000000963. The van der Waals surface area contributed by atoms with Crippen LogP contribution in [-0.4, -0.2) is 0 Å². The van der Waals surface area contributed by atoms with E-state index < -0.39 is 0 Å².